The normalized spacial score (nSPS) is 11.8. The molecule has 2 rings (SSSR count). The molecule has 0 unspecified atom stereocenters. The van der Waals surface area contributed by atoms with Crippen molar-refractivity contribution in [3.63, 3.8) is 0 Å². The number of aromatic nitrogens is 3. The molecule has 1 N–H and O–H groups in total. The van der Waals surface area contributed by atoms with E-state index < -0.39 is 18.3 Å². The molecule has 18 heavy (non-hydrogen) atoms. The van der Waals surface area contributed by atoms with Crippen LogP contribution in [0.2, 0.25) is 5.02 Å². The molecule has 8 heteroatoms. The maximum Gasteiger partial charge on any atom is 0.417 e. The lowest BCUT2D eigenvalue weighted by Gasteiger charge is -2.11. The molecule has 0 amide bonds. The first-order chi connectivity index (χ1) is 8.43. The maximum atomic E-state index is 12.7. The Morgan fingerprint density at radius 3 is 2.67 bits per heavy atom. The van der Waals surface area contributed by atoms with E-state index in [4.69, 9.17) is 16.7 Å². The summed E-state index contributed by atoms with van der Waals surface area (Å²) in [5.74, 6) is 0.144. The number of benzene rings is 1. The summed E-state index contributed by atoms with van der Waals surface area (Å²) >= 11 is 5.51. The summed E-state index contributed by atoms with van der Waals surface area (Å²) < 4.78 is 39.3. The number of hydrogen-bond donors (Lipinski definition) is 1. The fourth-order valence-corrected chi connectivity index (χ4v) is 1.69. The molecular weight excluding hydrogens is 271 g/mol. The van der Waals surface area contributed by atoms with Crippen molar-refractivity contribution in [2.45, 2.75) is 12.8 Å². The molecule has 1 aromatic carbocycles. The van der Waals surface area contributed by atoms with E-state index in [0.29, 0.717) is 0 Å². The number of halogens is 4. The standard InChI is InChI=1S/C10H7ClF3N3O/c11-8-2-1-6(3-7(8)10(12,13)14)17-5-15-16-9(17)4-18/h1-3,5,18H,4H2. The van der Waals surface area contributed by atoms with E-state index >= 15 is 0 Å². The molecule has 0 radical (unpaired) electrons. The zero-order chi connectivity index (χ0) is 13.3. The van der Waals surface area contributed by atoms with Crippen LogP contribution in [0.3, 0.4) is 0 Å². The molecule has 0 spiro atoms. The molecule has 0 aliphatic heterocycles. The van der Waals surface area contributed by atoms with Gasteiger partial charge in [0.2, 0.25) is 0 Å². The third-order valence-electron chi connectivity index (χ3n) is 2.29. The summed E-state index contributed by atoms with van der Waals surface area (Å²) in [6, 6.07) is 3.41. The average molecular weight is 278 g/mol. The minimum absolute atomic E-state index is 0.144. The highest BCUT2D eigenvalue weighted by Crippen LogP contribution is 2.35. The first kappa shape index (κ1) is 12.8. The number of rotatable bonds is 2. The van der Waals surface area contributed by atoms with Crippen molar-refractivity contribution in [2.24, 2.45) is 0 Å². The Bertz CT molecular complexity index is 568. The predicted molar refractivity (Wildman–Crippen MR) is 57.3 cm³/mol. The van der Waals surface area contributed by atoms with E-state index in [0.717, 1.165) is 12.1 Å². The Kier molecular flexibility index (Phi) is 3.27. The third-order valence-corrected chi connectivity index (χ3v) is 2.62. The van der Waals surface area contributed by atoms with Gasteiger partial charge in [-0.15, -0.1) is 10.2 Å². The monoisotopic (exact) mass is 277 g/mol. The molecular formula is C10H7ClF3N3O. The van der Waals surface area contributed by atoms with E-state index in [1.54, 1.807) is 0 Å². The van der Waals surface area contributed by atoms with Crippen LogP contribution in [0.1, 0.15) is 11.4 Å². The summed E-state index contributed by atoms with van der Waals surface area (Å²) in [6.45, 7) is -0.427. The second-order valence-corrected chi connectivity index (χ2v) is 3.84. The SMILES string of the molecule is OCc1nncn1-c1ccc(Cl)c(C(F)(F)F)c1. The predicted octanol–water partition coefficient (Wildman–Crippen LogP) is 2.43. The summed E-state index contributed by atoms with van der Waals surface area (Å²) in [4.78, 5) is 0. The van der Waals surface area contributed by atoms with Gasteiger partial charge < -0.3 is 5.11 Å². The molecule has 0 atom stereocenters. The second-order valence-electron chi connectivity index (χ2n) is 3.44. The van der Waals surface area contributed by atoms with Gasteiger partial charge in [0.1, 0.15) is 12.9 Å². The van der Waals surface area contributed by atoms with Gasteiger partial charge in [-0.25, -0.2) is 0 Å². The smallest absolute Gasteiger partial charge is 0.388 e. The zero-order valence-corrected chi connectivity index (χ0v) is 9.57. The summed E-state index contributed by atoms with van der Waals surface area (Å²) in [6.07, 6.45) is -3.32. The maximum absolute atomic E-state index is 12.7. The average Bonchev–Trinajstić information content (AvgIpc) is 2.76. The highest BCUT2D eigenvalue weighted by atomic mass is 35.5. The Hall–Kier alpha value is -1.60. The molecule has 2 aromatic rings. The van der Waals surface area contributed by atoms with Crippen molar-refractivity contribution in [1.82, 2.24) is 14.8 Å². The Labute approximate surface area is 105 Å². The van der Waals surface area contributed by atoms with Gasteiger partial charge >= 0.3 is 6.18 Å². The Morgan fingerprint density at radius 2 is 2.06 bits per heavy atom. The largest absolute Gasteiger partial charge is 0.417 e. The van der Waals surface area contributed by atoms with E-state index in [1.807, 2.05) is 0 Å². The topological polar surface area (TPSA) is 50.9 Å². The molecule has 1 heterocycles. The van der Waals surface area contributed by atoms with Crippen molar-refractivity contribution in [1.29, 1.82) is 0 Å². The van der Waals surface area contributed by atoms with Gasteiger partial charge in [-0.1, -0.05) is 11.6 Å². The third kappa shape index (κ3) is 2.32. The van der Waals surface area contributed by atoms with Crippen LogP contribution >= 0.6 is 11.6 Å². The summed E-state index contributed by atoms with van der Waals surface area (Å²) in [5.41, 5.74) is -0.764. The van der Waals surface area contributed by atoms with Crippen LogP contribution in [0.5, 0.6) is 0 Å². The van der Waals surface area contributed by atoms with Crippen LogP contribution in [-0.4, -0.2) is 19.9 Å². The van der Waals surface area contributed by atoms with Gasteiger partial charge in [-0.05, 0) is 18.2 Å². The van der Waals surface area contributed by atoms with Gasteiger partial charge in [0, 0.05) is 5.69 Å². The van der Waals surface area contributed by atoms with Crippen LogP contribution in [-0.2, 0) is 12.8 Å². The molecule has 0 saturated heterocycles. The van der Waals surface area contributed by atoms with Crippen LogP contribution in [0.4, 0.5) is 13.2 Å². The van der Waals surface area contributed by atoms with E-state index in [-0.39, 0.29) is 16.5 Å². The highest BCUT2D eigenvalue weighted by molar-refractivity contribution is 6.31. The van der Waals surface area contributed by atoms with Gasteiger partial charge in [-0.3, -0.25) is 4.57 Å². The van der Waals surface area contributed by atoms with Crippen LogP contribution in [0, 0.1) is 0 Å². The van der Waals surface area contributed by atoms with Crippen molar-refractivity contribution >= 4 is 11.6 Å². The minimum atomic E-state index is -4.54. The molecule has 96 valence electrons. The second kappa shape index (κ2) is 4.58. The molecule has 1 aromatic heterocycles. The van der Waals surface area contributed by atoms with Crippen molar-refractivity contribution in [3.05, 3.63) is 40.9 Å². The highest BCUT2D eigenvalue weighted by Gasteiger charge is 2.33. The van der Waals surface area contributed by atoms with Crippen molar-refractivity contribution < 1.29 is 18.3 Å². The van der Waals surface area contributed by atoms with E-state index in [9.17, 15) is 13.2 Å². The van der Waals surface area contributed by atoms with E-state index in [1.165, 1.54) is 17.0 Å². The molecule has 0 saturated carbocycles. The zero-order valence-electron chi connectivity index (χ0n) is 8.82. The number of aliphatic hydroxyl groups is 1. The fraction of sp³-hybridized carbons (Fsp3) is 0.200. The van der Waals surface area contributed by atoms with Gasteiger partial charge in [0.05, 0.1) is 10.6 Å². The molecule has 0 bridgehead atoms. The van der Waals surface area contributed by atoms with E-state index in [2.05, 4.69) is 10.2 Å². The molecule has 0 fully saturated rings. The Morgan fingerprint density at radius 1 is 1.33 bits per heavy atom. The number of hydrogen-bond acceptors (Lipinski definition) is 3. The number of aliphatic hydroxyl groups excluding tert-OH is 1. The molecule has 4 nitrogen and oxygen atoms in total. The molecule has 0 aliphatic carbocycles. The summed E-state index contributed by atoms with van der Waals surface area (Å²) in [5, 5.41) is 15.7. The lowest BCUT2D eigenvalue weighted by Crippen LogP contribution is -2.08. The van der Waals surface area contributed by atoms with Crippen molar-refractivity contribution in [2.75, 3.05) is 0 Å². The van der Waals surface area contributed by atoms with Gasteiger partial charge in [-0.2, -0.15) is 13.2 Å². The van der Waals surface area contributed by atoms with Crippen molar-refractivity contribution in [3.8, 4) is 5.69 Å². The Balaban J connectivity index is 2.54. The first-order valence-electron chi connectivity index (χ1n) is 4.80. The summed E-state index contributed by atoms with van der Waals surface area (Å²) in [7, 11) is 0. The van der Waals surface area contributed by atoms with Gasteiger partial charge in [0.15, 0.2) is 5.82 Å². The number of nitrogens with zero attached hydrogens (tertiary/aromatic N) is 3. The number of alkyl halides is 3. The first-order valence-corrected chi connectivity index (χ1v) is 5.18. The lowest BCUT2D eigenvalue weighted by atomic mass is 10.2. The van der Waals surface area contributed by atoms with Crippen LogP contribution in [0.25, 0.3) is 5.69 Å². The fourth-order valence-electron chi connectivity index (χ4n) is 1.46. The lowest BCUT2D eigenvalue weighted by molar-refractivity contribution is -0.137. The minimum Gasteiger partial charge on any atom is -0.388 e. The quantitative estimate of drug-likeness (QED) is 0.917. The van der Waals surface area contributed by atoms with Crippen LogP contribution in [0.15, 0.2) is 24.5 Å². The molecule has 0 aliphatic rings. The van der Waals surface area contributed by atoms with Crippen LogP contribution < -0.4 is 0 Å². The van der Waals surface area contributed by atoms with Gasteiger partial charge in [0.25, 0.3) is 0 Å².